The van der Waals surface area contributed by atoms with Crippen molar-refractivity contribution in [3.05, 3.63) is 29.3 Å². The molecule has 1 aliphatic heterocycles. The maximum absolute atomic E-state index is 5.70. The van der Waals surface area contributed by atoms with E-state index < -0.39 is 0 Å². The molecule has 92 valence electrons. The minimum Gasteiger partial charge on any atom is -0.492 e. The van der Waals surface area contributed by atoms with Gasteiger partial charge in [0.15, 0.2) is 0 Å². The van der Waals surface area contributed by atoms with Crippen LogP contribution in [-0.2, 0) is 10.3 Å². The molecule has 2 rings (SSSR count). The van der Waals surface area contributed by atoms with Crippen LogP contribution in [0.3, 0.4) is 0 Å². The molecule has 0 amide bonds. The van der Waals surface area contributed by atoms with Crippen LogP contribution in [0.4, 0.5) is 0 Å². The molecule has 0 aliphatic carbocycles. The Hall–Kier alpha value is -1.51. The minimum atomic E-state index is 0.133. The first-order chi connectivity index (χ1) is 8.02. The van der Waals surface area contributed by atoms with Crippen molar-refractivity contribution in [1.82, 2.24) is 0 Å². The Kier molecular flexibility index (Phi) is 3.09. The number of rotatable bonds is 1. The molecule has 0 saturated carbocycles. The van der Waals surface area contributed by atoms with Gasteiger partial charge in [0, 0.05) is 12.0 Å². The van der Waals surface area contributed by atoms with Gasteiger partial charge in [-0.05, 0) is 23.1 Å². The van der Waals surface area contributed by atoms with E-state index in [-0.39, 0.29) is 5.41 Å². The van der Waals surface area contributed by atoms with Crippen LogP contribution in [0.25, 0.3) is 0 Å². The third-order valence-corrected chi connectivity index (χ3v) is 2.96. The maximum Gasteiger partial charge on any atom is 0.128 e. The molecule has 0 saturated heterocycles. The number of hydrogen-bond acceptors (Lipinski definition) is 3. The first-order valence-corrected chi connectivity index (χ1v) is 5.90. The second-order valence-electron chi connectivity index (χ2n) is 5.28. The summed E-state index contributed by atoms with van der Waals surface area (Å²) in [5.74, 6) is 0.916. The highest BCUT2D eigenvalue weighted by atomic mass is 16.6. The topological polar surface area (TPSA) is 30.8 Å². The first-order valence-electron chi connectivity index (χ1n) is 5.90. The Balaban J connectivity index is 2.44. The lowest BCUT2D eigenvalue weighted by Gasteiger charge is -2.24. The van der Waals surface area contributed by atoms with Gasteiger partial charge in [0.1, 0.15) is 12.9 Å². The lowest BCUT2D eigenvalue weighted by Crippen LogP contribution is -2.18. The molecule has 0 N–H and O–H groups in total. The molecule has 1 heterocycles. The van der Waals surface area contributed by atoms with Gasteiger partial charge in [-0.3, -0.25) is 0 Å². The predicted molar refractivity (Wildman–Crippen MR) is 68.8 cm³/mol. The number of hydrogen-bond donors (Lipinski definition) is 0. The van der Waals surface area contributed by atoms with Crippen LogP contribution >= 0.6 is 0 Å². The summed E-state index contributed by atoms with van der Waals surface area (Å²) in [6.45, 7) is 7.26. The number of ether oxygens (including phenoxy) is 1. The van der Waals surface area contributed by atoms with Crippen molar-refractivity contribution in [2.45, 2.75) is 32.6 Å². The molecule has 0 aromatic heterocycles. The molecule has 1 aromatic rings. The van der Waals surface area contributed by atoms with Gasteiger partial charge in [0.25, 0.3) is 0 Å². The standard InChI is InChI=1S/C14H19NO2/c1-14(2,3)10-5-6-11-12(15-16-4)7-8-17-13(11)9-10/h5-6,9H,7-8H2,1-4H3. The lowest BCUT2D eigenvalue weighted by atomic mass is 9.85. The Labute approximate surface area is 102 Å². The first kappa shape index (κ1) is 12.0. The fourth-order valence-electron chi connectivity index (χ4n) is 1.94. The second kappa shape index (κ2) is 4.40. The molecule has 0 spiro atoms. The summed E-state index contributed by atoms with van der Waals surface area (Å²) in [5, 5.41) is 4.05. The summed E-state index contributed by atoms with van der Waals surface area (Å²) in [6, 6.07) is 6.32. The largest absolute Gasteiger partial charge is 0.492 e. The molecule has 0 fully saturated rings. The molecule has 3 heteroatoms. The van der Waals surface area contributed by atoms with Crippen molar-refractivity contribution in [2.75, 3.05) is 13.7 Å². The summed E-state index contributed by atoms with van der Waals surface area (Å²) in [6.07, 6.45) is 0.801. The Morgan fingerprint density at radius 2 is 2.06 bits per heavy atom. The molecule has 1 aliphatic rings. The molecule has 0 unspecified atom stereocenters. The van der Waals surface area contributed by atoms with Crippen LogP contribution in [0, 0.1) is 0 Å². The molecule has 3 nitrogen and oxygen atoms in total. The van der Waals surface area contributed by atoms with E-state index in [1.54, 1.807) is 7.11 Å². The fraction of sp³-hybridized carbons (Fsp3) is 0.500. The minimum absolute atomic E-state index is 0.133. The van der Waals surface area contributed by atoms with Crippen LogP contribution in [-0.4, -0.2) is 19.4 Å². The summed E-state index contributed by atoms with van der Waals surface area (Å²) in [7, 11) is 1.58. The van der Waals surface area contributed by atoms with E-state index in [2.05, 4.69) is 44.1 Å². The highest BCUT2D eigenvalue weighted by Crippen LogP contribution is 2.31. The van der Waals surface area contributed by atoms with Gasteiger partial charge >= 0.3 is 0 Å². The Bertz CT molecular complexity index is 444. The smallest absolute Gasteiger partial charge is 0.128 e. The van der Waals surface area contributed by atoms with Crippen LogP contribution in [0.5, 0.6) is 5.75 Å². The zero-order chi connectivity index (χ0) is 12.5. The van der Waals surface area contributed by atoms with Gasteiger partial charge < -0.3 is 9.57 Å². The quantitative estimate of drug-likeness (QED) is 0.698. The molecule has 0 atom stereocenters. The molecule has 17 heavy (non-hydrogen) atoms. The normalized spacial score (nSPS) is 17.5. The lowest BCUT2D eigenvalue weighted by molar-refractivity contribution is 0.210. The summed E-state index contributed by atoms with van der Waals surface area (Å²) in [4.78, 5) is 4.87. The second-order valence-corrected chi connectivity index (χ2v) is 5.28. The van der Waals surface area contributed by atoms with Crippen LogP contribution < -0.4 is 4.74 Å². The van der Waals surface area contributed by atoms with Crippen LogP contribution in [0.15, 0.2) is 23.4 Å². The van der Waals surface area contributed by atoms with E-state index in [1.807, 2.05) is 0 Å². The van der Waals surface area contributed by atoms with Crippen molar-refractivity contribution in [1.29, 1.82) is 0 Å². The van der Waals surface area contributed by atoms with Crippen LogP contribution in [0.1, 0.15) is 38.3 Å². The zero-order valence-corrected chi connectivity index (χ0v) is 10.9. The van der Waals surface area contributed by atoms with E-state index in [0.717, 1.165) is 23.4 Å². The highest BCUT2D eigenvalue weighted by molar-refractivity contribution is 6.03. The van der Waals surface area contributed by atoms with Gasteiger partial charge in [0.2, 0.25) is 0 Å². The Morgan fingerprint density at radius 3 is 2.71 bits per heavy atom. The van der Waals surface area contributed by atoms with E-state index in [4.69, 9.17) is 9.57 Å². The molecular weight excluding hydrogens is 214 g/mol. The van der Waals surface area contributed by atoms with Crippen LogP contribution in [0.2, 0.25) is 0 Å². The monoisotopic (exact) mass is 233 g/mol. The zero-order valence-electron chi connectivity index (χ0n) is 10.9. The third-order valence-electron chi connectivity index (χ3n) is 2.96. The number of nitrogens with zero attached hydrogens (tertiary/aromatic N) is 1. The highest BCUT2D eigenvalue weighted by Gasteiger charge is 2.21. The van der Waals surface area contributed by atoms with Gasteiger partial charge in [-0.15, -0.1) is 0 Å². The van der Waals surface area contributed by atoms with Gasteiger partial charge in [-0.2, -0.15) is 0 Å². The van der Waals surface area contributed by atoms with Crippen molar-refractivity contribution in [3.63, 3.8) is 0 Å². The molecule has 0 radical (unpaired) electrons. The van der Waals surface area contributed by atoms with E-state index in [1.165, 1.54) is 5.56 Å². The fourth-order valence-corrected chi connectivity index (χ4v) is 1.94. The molecular formula is C14H19NO2. The number of oxime groups is 1. The number of benzene rings is 1. The SMILES string of the molecule is CON=C1CCOc2cc(C(C)(C)C)ccc21. The van der Waals surface area contributed by atoms with Gasteiger partial charge in [-0.1, -0.05) is 32.0 Å². The van der Waals surface area contributed by atoms with Gasteiger partial charge in [-0.25, -0.2) is 0 Å². The summed E-state index contributed by atoms with van der Waals surface area (Å²) >= 11 is 0. The van der Waals surface area contributed by atoms with Gasteiger partial charge in [0.05, 0.1) is 12.3 Å². The van der Waals surface area contributed by atoms with Crippen molar-refractivity contribution < 1.29 is 9.57 Å². The summed E-state index contributed by atoms with van der Waals surface area (Å²) < 4.78 is 5.70. The van der Waals surface area contributed by atoms with Crippen molar-refractivity contribution >= 4 is 5.71 Å². The average Bonchev–Trinajstić information content (AvgIpc) is 2.28. The molecule has 0 bridgehead atoms. The Morgan fingerprint density at radius 1 is 1.29 bits per heavy atom. The number of fused-ring (bicyclic) bond motifs is 1. The van der Waals surface area contributed by atoms with E-state index in [9.17, 15) is 0 Å². The van der Waals surface area contributed by atoms with Crippen molar-refractivity contribution in [2.24, 2.45) is 5.16 Å². The van der Waals surface area contributed by atoms with Crippen molar-refractivity contribution in [3.8, 4) is 5.75 Å². The summed E-state index contributed by atoms with van der Waals surface area (Å²) in [5.41, 5.74) is 3.42. The third kappa shape index (κ3) is 2.43. The van der Waals surface area contributed by atoms with E-state index in [0.29, 0.717) is 6.61 Å². The van der Waals surface area contributed by atoms with E-state index >= 15 is 0 Å². The maximum atomic E-state index is 5.70. The predicted octanol–water partition coefficient (Wildman–Crippen LogP) is 3.12. The molecule has 1 aromatic carbocycles. The average molecular weight is 233 g/mol.